The van der Waals surface area contributed by atoms with Gasteiger partial charge >= 0.3 is 0 Å². The number of amides is 2. The average molecular weight is 330 g/mol. The van der Waals surface area contributed by atoms with E-state index in [1.165, 1.54) is 32.1 Å². The summed E-state index contributed by atoms with van der Waals surface area (Å²) in [5.74, 6) is 1.31. The molecule has 0 spiro atoms. The van der Waals surface area contributed by atoms with E-state index in [2.05, 4.69) is 10.6 Å². The summed E-state index contributed by atoms with van der Waals surface area (Å²) >= 11 is 0. The Kier molecular flexibility index (Phi) is 5.38. The van der Waals surface area contributed by atoms with Crippen LogP contribution in [0.5, 0.6) is 5.75 Å². The number of carbonyl (C=O) groups excluding carboxylic acids is 2. The van der Waals surface area contributed by atoms with Gasteiger partial charge in [-0.2, -0.15) is 0 Å². The molecule has 1 atom stereocenters. The molecule has 5 heteroatoms. The summed E-state index contributed by atoms with van der Waals surface area (Å²) in [6.45, 7) is 1.71. The van der Waals surface area contributed by atoms with Crippen LogP contribution < -0.4 is 15.4 Å². The molecule has 1 heterocycles. The van der Waals surface area contributed by atoms with Crippen molar-refractivity contribution in [3.05, 3.63) is 18.2 Å². The number of hydrogen-bond acceptors (Lipinski definition) is 3. The van der Waals surface area contributed by atoms with Crippen LogP contribution in [0.1, 0.15) is 58.3 Å². The third kappa shape index (κ3) is 4.28. The predicted molar refractivity (Wildman–Crippen MR) is 94.2 cm³/mol. The number of rotatable bonds is 5. The maximum absolute atomic E-state index is 12.1. The summed E-state index contributed by atoms with van der Waals surface area (Å²) in [6, 6.07) is 5.34. The monoisotopic (exact) mass is 330 g/mol. The lowest BCUT2D eigenvalue weighted by atomic mass is 9.86. The second-order valence-electron chi connectivity index (χ2n) is 6.90. The van der Waals surface area contributed by atoms with Gasteiger partial charge in [-0.25, -0.2) is 0 Å². The summed E-state index contributed by atoms with van der Waals surface area (Å²) < 4.78 is 5.51. The van der Waals surface area contributed by atoms with Gasteiger partial charge in [0.05, 0.1) is 5.69 Å². The van der Waals surface area contributed by atoms with Gasteiger partial charge in [-0.3, -0.25) is 9.59 Å². The van der Waals surface area contributed by atoms with Crippen LogP contribution in [-0.4, -0.2) is 17.9 Å². The highest BCUT2D eigenvalue weighted by Gasteiger charge is 2.23. The molecule has 130 valence electrons. The van der Waals surface area contributed by atoms with Crippen LogP contribution in [0.2, 0.25) is 0 Å². The molecule has 1 aliphatic carbocycles. The van der Waals surface area contributed by atoms with Crippen molar-refractivity contribution >= 4 is 23.2 Å². The zero-order valence-electron chi connectivity index (χ0n) is 14.3. The largest absolute Gasteiger partial charge is 0.479 e. The molecule has 0 radical (unpaired) electrons. The minimum absolute atomic E-state index is 0.0298. The second-order valence-corrected chi connectivity index (χ2v) is 6.90. The summed E-state index contributed by atoms with van der Waals surface area (Å²) in [6.07, 6.45) is 8.86. The highest BCUT2D eigenvalue weighted by molar-refractivity contribution is 5.99. The van der Waals surface area contributed by atoms with Gasteiger partial charge in [0.25, 0.3) is 5.91 Å². The number of nitrogens with one attached hydrogen (secondary N) is 2. The molecule has 0 aromatic heterocycles. The van der Waals surface area contributed by atoms with E-state index in [0.29, 0.717) is 23.5 Å². The predicted octanol–water partition coefficient (Wildman–Crippen LogP) is 4.10. The van der Waals surface area contributed by atoms with Crippen molar-refractivity contribution in [2.24, 2.45) is 5.92 Å². The lowest BCUT2D eigenvalue weighted by Crippen LogP contribution is -2.34. The molecule has 1 aromatic rings. The number of fused-ring (bicyclic) bond motifs is 1. The Bertz CT molecular complexity index is 609. The Morgan fingerprint density at radius 1 is 1.29 bits per heavy atom. The van der Waals surface area contributed by atoms with E-state index in [1.54, 1.807) is 19.1 Å². The average Bonchev–Trinajstić information content (AvgIpc) is 2.57. The van der Waals surface area contributed by atoms with Crippen LogP contribution in [0.15, 0.2) is 18.2 Å². The molecule has 1 saturated carbocycles. The maximum atomic E-state index is 12.1. The third-order valence-corrected chi connectivity index (χ3v) is 4.94. The fraction of sp³-hybridized carbons (Fsp3) is 0.579. The Hall–Kier alpha value is -2.04. The van der Waals surface area contributed by atoms with Gasteiger partial charge in [0.15, 0.2) is 6.10 Å². The summed E-state index contributed by atoms with van der Waals surface area (Å²) in [5, 5.41) is 5.70. The maximum Gasteiger partial charge on any atom is 0.265 e. The van der Waals surface area contributed by atoms with E-state index in [9.17, 15) is 9.59 Å². The van der Waals surface area contributed by atoms with E-state index in [-0.39, 0.29) is 11.8 Å². The summed E-state index contributed by atoms with van der Waals surface area (Å²) in [7, 11) is 0. The SMILES string of the molecule is C[C@H]1Oc2ccc(NC(=O)CCCC3CCCCC3)cc2NC1=O. The lowest BCUT2D eigenvalue weighted by Gasteiger charge is -2.23. The molecular weight excluding hydrogens is 304 g/mol. The van der Waals surface area contributed by atoms with Crippen molar-refractivity contribution in [2.75, 3.05) is 10.6 Å². The molecular formula is C19H26N2O3. The molecule has 1 fully saturated rings. The van der Waals surface area contributed by atoms with Crippen LogP contribution in [0.25, 0.3) is 0 Å². The van der Waals surface area contributed by atoms with E-state index in [0.717, 1.165) is 18.8 Å². The normalized spacial score (nSPS) is 20.7. The standard InChI is InChI=1S/C19H26N2O3/c1-13-19(23)21-16-12-15(10-11-17(16)24-13)20-18(22)9-5-8-14-6-3-2-4-7-14/h10-14H,2-9H2,1H3,(H,20,22)(H,21,23)/t13-/m1/s1. The molecule has 5 nitrogen and oxygen atoms in total. The van der Waals surface area contributed by atoms with E-state index >= 15 is 0 Å². The molecule has 0 saturated heterocycles. The lowest BCUT2D eigenvalue weighted by molar-refractivity contribution is -0.122. The van der Waals surface area contributed by atoms with Crippen molar-refractivity contribution in [2.45, 2.75) is 64.4 Å². The molecule has 0 unspecified atom stereocenters. The molecule has 2 N–H and O–H groups in total. The number of carbonyl (C=O) groups is 2. The zero-order valence-corrected chi connectivity index (χ0v) is 14.3. The Morgan fingerprint density at radius 3 is 2.88 bits per heavy atom. The van der Waals surface area contributed by atoms with Crippen LogP contribution in [0.4, 0.5) is 11.4 Å². The van der Waals surface area contributed by atoms with E-state index < -0.39 is 6.10 Å². The molecule has 2 aliphatic rings. The van der Waals surface area contributed by atoms with Crippen molar-refractivity contribution in [3.63, 3.8) is 0 Å². The fourth-order valence-electron chi connectivity index (χ4n) is 3.54. The van der Waals surface area contributed by atoms with Crippen LogP contribution in [-0.2, 0) is 9.59 Å². The molecule has 2 amide bonds. The number of hydrogen-bond donors (Lipinski definition) is 2. The zero-order chi connectivity index (χ0) is 16.9. The first kappa shape index (κ1) is 16.8. The highest BCUT2D eigenvalue weighted by Crippen LogP contribution is 2.32. The van der Waals surface area contributed by atoms with Crippen molar-refractivity contribution in [3.8, 4) is 5.75 Å². The van der Waals surface area contributed by atoms with Gasteiger partial charge in [0.1, 0.15) is 5.75 Å². The molecule has 0 bridgehead atoms. The van der Waals surface area contributed by atoms with Gasteiger partial charge in [-0.05, 0) is 43.9 Å². The second kappa shape index (κ2) is 7.69. The number of anilines is 2. The summed E-state index contributed by atoms with van der Waals surface area (Å²) in [5.41, 5.74) is 1.30. The van der Waals surface area contributed by atoms with Gasteiger partial charge in [0.2, 0.25) is 5.91 Å². The number of benzene rings is 1. The van der Waals surface area contributed by atoms with Gasteiger partial charge in [-0.1, -0.05) is 32.1 Å². The topological polar surface area (TPSA) is 67.4 Å². The van der Waals surface area contributed by atoms with E-state index in [4.69, 9.17) is 4.74 Å². The highest BCUT2D eigenvalue weighted by atomic mass is 16.5. The molecule has 1 aliphatic heterocycles. The van der Waals surface area contributed by atoms with Crippen LogP contribution >= 0.6 is 0 Å². The van der Waals surface area contributed by atoms with Gasteiger partial charge < -0.3 is 15.4 Å². The smallest absolute Gasteiger partial charge is 0.265 e. The van der Waals surface area contributed by atoms with Crippen molar-refractivity contribution in [1.82, 2.24) is 0 Å². The minimum atomic E-state index is -0.488. The van der Waals surface area contributed by atoms with Gasteiger partial charge in [0, 0.05) is 12.1 Å². The van der Waals surface area contributed by atoms with E-state index in [1.807, 2.05) is 6.07 Å². The molecule has 24 heavy (non-hydrogen) atoms. The fourth-order valence-corrected chi connectivity index (χ4v) is 3.54. The van der Waals surface area contributed by atoms with Crippen LogP contribution in [0, 0.1) is 5.92 Å². The quantitative estimate of drug-likeness (QED) is 0.854. The Balaban J connectivity index is 1.48. The van der Waals surface area contributed by atoms with Crippen LogP contribution in [0.3, 0.4) is 0 Å². The Morgan fingerprint density at radius 2 is 2.08 bits per heavy atom. The summed E-state index contributed by atoms with van der Waals surface area (Å²) in [4.78, 5) is 23.8. The first-order valence-electron chi connectivity index (χ1n) is 9.03. The van der Waals surface area contributed by atoms with Crippen molar-refractivity contribution < 1.29 is 14.3 Å². The van der Waals surface area contributed by atoms with Gasteiger partial charge in [-0.15, -0.1) is 0 Å². The first-order chi connectivity index (χ1) is 11.6. The minimum Gasteiger partial charge on any atom is -0.479 e. The molecule has 3 rings (SSSR count). The number of ether oxygens (including phenoxy) is 1. The third-order valence-electron chi connectivity index (χ3n) is 4.94. The first-order valence-corrected chi connectivity index (χ1v) is 9.03. The van der Waals surface area contributed by atoms with Crippen molar-refractivity contribution in [1.29, 1.82) is 0 Å². The molecule has 1 aromatic carbocycles. The Labute approximate surface area is 143 Å².